The number of methoxy groups -OCH3 is 1. The summed E-state index contributed by atoms with van der Waals surface area (Å²) < 4.78 is 5.44. The Labute approximate surface area is 122 Å². The zero-order valence-electron chi connectivity index (χ0n) is 12.2. The molecule has 0 aliphatic heterocycles. The fourth-order valence-corrected chi connectivity index (χ4v) is 2.35. The predicted octanol–water partition coefficient (Wildman–Crippen LogP) is 2.84. The number of hydrogen-bond acceptors (Lipinski definition) is 5. The molecule has 0 amide bonds. The predicted molar refractivity (Wildman–Crippen MR) is 81.5 cm³/mol. The molecule has 1 unspecified atom stereocenters. The maximum atomic E-state index is 5.44. The maximum absolute atomic E-state index is 5.44. The topological polar surface area (TPSA) is 75.7 Å². The molecule has 0 bridgehead atoms. The van der Waals surface area contributed by atoms with E-state index in [1.165, 1.54) is 11.9 Å². The molecular formula is C15H17N5O. The number of hydrogen-bond donors (Lipinski definition) is 2. The van der Waals surface area contributed by atoms with Crippen molar-refractivity contribution in [3.8, 4) is 5.75 Å². The molecule has 6 nitrogen and oxygen atoms in total. The van der Waals surface area contributed by atoms with E-state index in [4.69, 9.17) is 4.74 Å². The van der Waals surface area contributed by atoms with E-state index in [1.807, 2.05) is 12.1 Å². The Morgan fingerprint density at radius 2 is 2.10 bits per heavy atom. The van der Waals surface area contributed by atoms with Crippen molar-refractivity contribution in [3.63, 3.8) is 0 Å². The number of fused-ring (bicyclic) bond motifs is 1. The molecule has 0 fully saturated rings. The second-order valence-electron chi connectivity index (χ2n) is 4.93. The Morgan fingerprint density at radius 3 is 2.90 bits per heavy atom. The first kappa shape index (κ1) is 13.4. The van der Waals surface area contributed by atoms with Gasteiger partial charge in [0.05, 0.1) is 19.5 Å². The van der Waals surface area contributed by atoms with Gasteiger partial charge in [0.1, 0.15) is 17.6 Å². The summed E-state index contributed by atoms with van der Waals surface area (Å²) in [6, 6.07) is 6.17. The van der Waals surface area contributed by atoms with Crippen molar-refractivity contribution in [2.75, 3.05) is 12.4 Å². The van der Waals surface area contributed by atoms with E-state index in [0.717, 1.165) is 22.6 Å². The van der Waals surface area contributed by atoms with Crippen LogP contribution in [0.25, 0.3) is 11.2 Å². The van der Waals surface area contributed by atoms with E-state index in [9.17, 15) is 0 Å². The number of aromatic nitrogens is 4. The number of nitrogens with one attached hydrogen (secondary N) is 2. The quantitative estimate of drug-likeness (QED) is 0.770. The standard InChI is InChI=1S/C15H17N5O/c1-9-4-5-12(21-3)11(6-9)10(2)20-15-13-14(17-7-16-13)18-8-19-15/h4-8,10H,1-3H3,(H2,16,17,18,19,20). The summed E-state index contributed by atoms with van der Waals surface area (Å²) in [4.78, 5) is 15.6. The van der Waals surface area contributed by atoms with Crippen molar-refractivity contribution in [1.82, 2.24) is 19.9 Å². The maximum Gasteiger partial charge on any atom is 0.182 e. The first-order valence-corrected chi connectivity index (χ1v) is 6.74. The van der Waals surface area contributed by atoms with Crippen LogP contribution in [0.5, 0.6) is 5.75 Å². The highest BCUT2D eigenvalue weighted by Gasteiger charge is 2.14. The number of anilines is 1. The van der Waals surface area contributed by atoms with Gasteiger partial charge < -0.3 is 15.0 Å². The lowest BCUT2D eigenvalue weighted by Gasteiger charge is -2.18. The largest absolute Gasteiger partial charge is 0.496 e. The molecule has 2 heterocycles. The Morgan fingerprint density at radius 1 is 1.24 bits per heavy atom. The van der Waals surface area contributed by atoms with E-state index in [-0.39, 0.29) is 6.04 Å². The molecule has 2 aromatic heterocycles. The zero-order chi connectivity index (χ0) is 14.8. The fraction of sp³-hybridized carbons (Fsp3) is 0.267. The minimum absolute atomic E-state index is 0.0428. The van der Waals surface area contributed by atoms with Crippen LogP contribution in [-0.4, -0.2) is 27.0 Å². The molecule has 0 saturated heterocycles. The molecule has 6 heteroatoms. The van der Waals surface area contributed by atoms with E-state index < -0.39 is 0 Å². The van der Waals surface area contributed by atoms with Crippen LogP contribution in [0.15, 0.2) is 30.9 Å². The van der Waals surface area contributed by atoms with Crippen LogP contribution in [0.2, 0.25) is 0 Å². The second kappa shape index (κ2) is 5.40. The van der Waals surface area contributed by atoms with Gasteiger partial charge in [0.25, 0.3) is 0 Å². The molecule has 0 saturated carbocycles. The molecule has 0 aliphatic rings. The molecule has 0 aliphatic carbocycles. The van der Waals surface area contributed by atoms with E-state index >= 15 is 0 Å². The summed E-state index contributed by atoms with van der Waals surface area (Å²) in [5.74, 6) is 1.59. The first-order chi connectivity index (χ1) is 10.2. The van der Waals surface area contributed by atoms with Gasteiger partial charge in [-0.15, -0.1) is 0 Å². The highest BCUT2D eigenvalue weighted by Crippen LogP contribution is 2.29. The van der Waals surface area contributed by atoms with Crippen molar-refractivity contribution in [2.45, 2.75) is 19.9 Å². The molecule has 0 spiro atoms. The van der Waals surface area contributed by atoms with Crippen LogP contribution in [0, 0.1) is 6.92 Å². The summed E-state index contributed by atoms with van der Waals surface area (Å²) in [5.41, 5.74) is 3.73. The number of aromatic amines is 1. The molecule has 21 heavy (non-hydrogen) atoms. The van der Waals surface area contributed by atoms with Gasteiger partial charge in [-0.2, -0.15) is 0 Å². The van der Waals surface area contributed by atoms with E-state index in [0.29, 0.717) is 5.65 Å². The van der Waals surface area contributed by atoms with Crippen molar-refractivity contribution in [1.29, 1.82) is 0 Å². The Bertz CT molecular complexity index is 768. The van der Waals surface area contributed by atoms with Crippen molar-refractivity contribution >= 4 is 17.0 Å². The first-order valence-electron chi connectivity index (χ1n) is 6.74. The molecule has 2 N–H and O–H groups in total. The Hall–Kier alpha value is -2.63. The Balaban J connectivity index is 1.94. The lowest BCUT2D eigenvalue weighted by Crippen LogP contribution is -2.10. The normalized spacial score (nSPS) is 12.3. The molecule has 1 atom stereocenters. The molecule has 1 aromatic carbocycles. The van der Waals surface area contributed by atoms with Crippen molar-refractivity contribution < 1.29 is 4.74 Å². The highest BCUT2D eigenvalue weighted by atomic mass is 16.5. The summed E-state index contributed by atoms with van der Waals surface area (Å²) >= 11 is 0. The van der Waals surface area contributed by atoms with Gasteiger partial charge in [-0.1, -0.05) is 17.7 Å². The number of nitrogens with zero attached hydrogens (tertiary/aromatic N) is 3. The number of benzene rings is 1. The monoisotopic (exact) mass is 283 g/mol. The molecule has 108 valence electrons. The van der Waals surface area contributed by atoms with Crippen LogP contribution in [-0.2, 0) is 0 Å². The van der Waals surface area contributed by atoms with Crippen LogP contribution < -0.4 is 10.1 Å². The van der Waals surface area contributed by atoms with E-state index in [2.05, 4.69) is 45.2 Å². The Kier molecular flexibility index (Phi) is 3.43. The summed E-state index contributed by atoms with van der Waals surface area (Å²) in [6.45, 7) is 4.13. The minimum atomic E-state index is 0.0428. The fourth-order valence-electron chi connectivity index (χ4n) is 2.35. The second-order valence-corrected chi connectivity index (χ2v) is 4.93. The van der Waals surface area contributed by atoms with Gasteiger partial charge in [0, 0.05) is 5.56 Å². The number of ether oxygens (including phenoxy) is 1. The SMILES string of the molecule is COc1ccc(C)cc1C(C)Nc1ncnc2nc[nH]c12. The summed E-state index contributed by atoms with van der Waals surface area (Å²) in [5, 5.41) is 3.39. The molecule has 3 rings (SSSR count). The number of aryl methyl sites for hydroxylation is 1. The van der Waals surface area contributed by atoms with E-state index in [1.54, 1.807) is 13.4 Å². The highest BCUT2D eigenvalue weighted by molar-refractivity contribution is 5.82. The van der Waals surface area contributed by atoms with Gasteiger partial charge >= 0.3 is 0 Å². The zero-order valence-corrected chi connectivity index (χ0v) is 12.2. The van der Waals surface area contributed by atoms with Crippen LogP contribution in [0.3, 0.4) is 0 Å². The minimum Gasteiger partial charge on any atom is -0.496 e. The van der Waals surface area contributed by atoms with Gasteiger partial charge in [0.15, 0.2) is 11.5 Å². The summed E-state index contributed by atoms with van der Waals surface area (Å²) in [6.07, 6.45) is 3.12. The average Bonchev–Trinajstić information content (AvgIpc) is 2.96. The van der Waals surface area contributed by atoms with Gasteiger partial charge in [0.2, 0.25) is 0 Å². The van der Waals surface area contributed by atoms with Gasteiger partial charge in [-0.25, -0.2) is 15.0 Å². The van der Waals surface area contributed by atoms with Crippen LogP contribution in [0.1, 0.15) is 24.1 Å². The smallest absolute Gasteiger partial charge is 0.182 e. The van der Waals surface area contributed by atoms with Crippen LogP contribution in [0.4, 0.5) is 5.82 Å². The lowest BCUT2D eigenvalue weighted by atomic mass is 10.0. The molecule has 0 radical (unpaired) electrons. The number of H-pyrrole nitrogens is 1. The lowest BCUT2D eigenvalue weighted by molar-refractivity contribution is 0.408. The van der Waals surface area contributed by atoms with Gasteiger partial charge in [-0.05, 0) is 19.9 Å². The summed E-state index contributed by atoms with van der Waals surface area (Å²) in [7, 11) is 1.68. The third-order valence-electron chi connectivity index (χ3n) is 3.43. The molecule has 3 aromatic rings. The average molecular weight is 283 g/mol. The van der Waals surface area contributed by atoms with Crippen LogP contribution >= 0.6 is 0 Å². The van der Waals surface area contributed by atoms with Crippen molar-refractivity contribution in [2.24, 2.45) is 0 Å². The molecular weight excluding hydrogens is 266 g/mol. The third-order valence-corrected chi connectivity index (χ3v) is 3.43. The number of imidazole rings is 1. The number of rotatable bonds is 4. The van der Waals surface area contributed by atoms with Gasteiger partial charge in [-0.3, -0.25) is 0 Å². The third kappa shape index (κ3) is 2.52. The van der Waals surface area contributed by atoms with Crippen molar-refractivity contribution in [3.05, 3.63) is 42.0 Å².